The number of thiophene rings is 1. The Bertz CT molecular complexity index is 1030. The van der Waals surface area contributed by atoms with Gasteiger partial charge in [0.05, 0.1) is 10.6 Å². The van der Waals surface area contributed by atoms with Crippen molar-refractivity contribution in [2.24, 2.45) is 18.7 Å². The number of piperidine rings is 1. The van der Waals surface area contributed by atoms with Crippen LogP contribution in [-0.4, -0.2) is 46.1 Å². The van der Waals surface area contributed by atoms with E-state index in [1.54, 1.807) is 0 Å². The van der Waals surface area contributed by atoms with Gasteiger partial charge >= 0.3 is 0 Å². The van der Waals surface area contributed by atoms with Crippen LogP contribution in [0.4, 0.5) is 5.69 Å². The summed E-state index contributed by atoms with van der Waals surface area (Å²) in [7, 11) is 1.90. The lowest BCUT2D eigenvalue weighted by atomic mass is 9.96. The first kappa shape index (κ1) is 20.6. The molecule has 0 atom stereocenters. The van der Waals surface area contributed by atoms with Crippen LogP contribution in [0.15, 0.2) is 30.3 Å². The average Bonchev–Trinajstić information content (AvgIpc) is 3.29. The molecule has 0 radical (unpaired) electrons. The molecular weight excluding hydrogens is 398 g/mol. The molecule has 158 valence electrons. The highest BCUT2D eigenvalue weighted by atomic mass is 32.1. The Morgan fingerprint density at radius 1 is 1.23 bits per heavy atom. The first-order valence-electron chi connectivity index (χ1n) is 10.3. The number of aromatic nitrogens is 2. The molecule has 1 fully saturated rings. The second-order valence-electron chi connectivity index (χ2n) is 7.96. The third kappa shape index (κ3) is 4.39. The summed E-state index contributed by atoms with van der Waals surface area (Å²) in [6.07, 6.45) is 2.65. The molecule has 2 aromatic heterocycles. The topological polar surface area (TPSA) is 93.2 Å². The predicted octanol–water partition coefficient (Wildman–Crippen LogP) is 2.94. The van der Waals surface area contributed by atoms with Crippen molar-refractivity contribution in [3.05, 3.63) is 46.5 Å². The van der Waals surface area contributed by atoms with Gasteiger partial charge in [-0.1, -0.05) is 12.1 Å². The second kappa shape index (κ2) is 8.57. The molecule has 0 unspecified atom stereocenters. The quantitative estimate of drug-likeness (QED) is 0.635. The number of hydrogen-bond donors (Lipinski definition) is 2. The molecular formula is C22H27N5O2S. The van der Waals surface area contributed by atoms with Crippen molar-refractivity contribution in [3.8, 4) is 0 Å². The van der Waals surface area contributed by atoms with Crippen LogP contribution in [0.25, 0.3) is 10.2 Å². The number of rotatable bonds is 6. The summed E-state index contributed by atoms with van der Waals surface area (Å²) in [6.45, 7) is 4.76. The molecule has 3 N–H and O–H groups in total. The number of amides is 2. The summed E-state index contributed by atoms with van der Waals surface area (Å²) in [6, 6.07) is 9.93. The van der Waals surface area contributed by atoms with E-state index in [2.05, 4.69) is 27.4 Å². The molecule has 1 aliphatic heterocycles. The molecule has 0 bridgehead atoms. The molecule has 1 saturated heterocycles. The fourth-order valence-corrected chi connectivity index (χ4v) is 5.01. The molecule has 4 rings (SSSR count). The summed E-state index contributed by atoms with van der Waals surface area (Å²) >= 11 is 1.46. The highest BCUT2D eigenvalue weighted by molar-refractivity contribution is 7.20. The largest absolute Gasteiger partial charge is 0.369 e. The summed E-state index contributed by atoms with van der Waals surface area (Å²) < 4.78 is 1.82. The predicted molar refractivity (Wildman–Crippen MR) is 120 cm³/mol. The fraction of sp³-hybridized carbons (Fsp3) is 0.409. The molecule has 1 aliphatic rings. The highest BCUT2D eigenvalue weighted by Crippen LogP contribution is 2.28. The zero-order valence-corrected chi connectivity index (χ0v) is 18.2. The lowest BCUT2D eigenvalue weighted by molar-refractivity contribution is -0.123. The van der Waals surface area contributed by atoms with Crippen molar-refractivity contribution in [2.75, 3.05) is 25.0 Å². The first-order chi connectivity index (χ1) is 14.4. The third-order valence-electron chi connectivity index (χ3n) is 5.84. The number of nitrogens with zero attached hydrogens (tertiary/aromatic N) is 3. The Labute approximate surface area is 179 Å². The molecule has 8 heteroatoms. The molecule has 0 saturated carbocycles. The van der Waals surface area contributed by atoms with Crippen molar-refractivity contribution in [1.29, 1.82) is 0 Å². The van der Waals surface area contributed by atoms with Gasteiger partial charge in [-0.05, 0) is 63.0 Å². The highest BCUT2D eigenvalue weighted by Gasteiger charge is 2.22. The van der Waals surface area contributed by atoms with Crippen molar-refractivity contribution in [3.63, 3.8) is 0 Å². The third-order valence-corrected chi connectivity index (χ3v) is 7.04. The van der Waals surface area contributed by atoms with Crippen molar-refractivity contribution >= 4 is 39.1 Å². The van der Waals surface area contributed by atoms with E-state index in [-0.39, 0.29) is 17.7 Å². The van der Waals surface area contributed by atoms with Gasteiger partial charge in [0.15, 0.2) is 0 Å². The Morgan fingerprint density at radius 2 is 1.93 bits per heavy atom. The maximum Gasteiger partial charge on any atom is 0.265 e. The SMILES string of the molecule is Cc1nn(C)c2sc(C(=O)Nc3ccc(CCN4CCC(C(N)=O)CC4)cc3)cc12. The molecule has 3 aromatic rings. The number of fused-ring (bicyclic) bond motifs is 1. The minimum Gasteiger partial charge on any atom is -0.369 e. The van der Waals surface area contributed by atoms with E-state index >= 15 is 0 Å². The fourth-order valence-electron chi connectivity index (χ4n) is 3.99. The average molecular weight is 426 g/mol. The Morgan fingerprint density at radius 3 is 2.57 bits per heavy atom. The number of carbonyl (C=O) groups is 2. The molecule has 2 amide bonds. The summed E-state index contributed by atoms with van der Waals surface area (Å²) in [4.78, 5) is 28.0. The number of anilines is 1. The zero-order valence-electron chi connectivity index (χ0n) is 17.4. The van der Waals surface area contributed by atoms with Gasteiger partial charge in [0, 0.05) is 30.6 Å². The standard InChI is InChI=1S/C22H27N5O2S/c1-14-18-13-19(30-22(18)26(2)25-14)21(29)24-17-5-3-15(4-6-17)7-10-27-11-8-16(9-12-27)20(23)28/h3-6,13,16H,7-12H2,1-2H3,(H2,23,28)(H,24,29). The van der Waals surface area contributed by atoms with Gasteiger partial charge in [0.2, 0.25) is 5.91 Å². The number of nitrogens with one attached hydrogen (secondary N) is 1. The van der Waals surface area contributed by atoms with Gasteiger partial charge in [-0.25, -0.2) is 0 Å². The van der Waals surface area contributed by atoms with E-state index in [1.807, 2.05) is 36.9 Å². The van der Waals surface area contributed by atoms with Crippen LogP contribution in [-0.2, 0) is 18.3 Å². The number of hydrogen-bond acceptors (Lipinski definition) is 5. The van der Waals surface area contributed by atoms with Gasteiger partial charge in [0.1, 0.15) is 4.83 Å². The van der Waals surface area contributed by atoms with E-state index in [0.29, 0.717) is 4.88 Å². The summed E-state index contributed by atoms with van der Waals surface area (Å²) in [5, 5.41) is 8.39. The van der Waals surface area contributed by atoms with Crippen LogP contribution in [0, 0.1) is 12.8 Å². The maximum atomic E-state index is 12.6. The van der Waals surface area contributed by atoms with Gasteiger partial charge in [-0.3, -0.25) is 14.3 Å². The number of carbonyl (C=O) groups excluding carboxylic acids is 2. The molecule has 0 aliphatic carbocycles. The summed E-state index contributed by atoms with van der Waals surface area (Å²) in [5.41, 5.74) is 8.36. The number of likely N-dealkylation sites (tertiary alicyclic amines) is 1. The van der Waals surface area contributed by atoms with Crippen LogP contribution in [0.2, 0.25) is 0 Å². The Hall–Kier alpha value is -2.71. The zero-order chi connectivity index (χ0) is 21.3. The van der Waals surface area contributed by atoms with E-state index < -0.39 is 0 Å². The smallest absolute Gasteiger partial charge is 0.265 e. The lowest BCUT2D eigenvalue weighted by Crippen LogP contribution is -2.39. The number of aryl methyl sites for hydroxylation is 2. The van der Waals surface area contributed by atoms with Crippen LogP contribution in [0.3, 0.4) is 0 Å². The lowest BCUT2D eigenvalue weighted by Gasteiger charge is -2.30. The molecule has 0 spiro atoms. The molecule has 7 nitrogen and oxygen atoms in total. The molecule has 1 aromatic carbocycles. The van der Waals surface area contributed by atoms with Crippen LogP contribution < -0.4 is 11.1 Å². The number of benzene rings is 1. The number of primary amides is 1. The van der Waals surface area contributed by atoms with E-state index in [4.69, 9.17) is 5.73 Å². The van der Waals surface area contributed by atoms with Crippen molar-refractivity contribution in [1.82, 2.24) is 14.7 Å². The Balaban J connectivity index is 1.30. The Kier molecular flexibility index (Phi) is 5.87. The second-order valence-corrected chi connectivity index (χ2v) is 8.99. The van der Waals surface area contributed by atoms with Crippen molar-refractivity contribution < 1.29 is 9.59 Å². The van der Waals surface area contributed by atoms with E-state index in [1.165, 1.54) is 16.9 Å². The van der Waals surface area contributed by atoms with Gasteiger partial charge in [-0.15, -0.1) is 11.3 Å². The molecule has 30 heavy (non-hydrogen) atoms. The van der Waals surface area contributed by atoms with Gasteiger partial charge in [0.25, 0.3) is 5.91 Å². The van der Waals surface area contributed by atoms with Crippen LogP contribution in [0.1, 0.15) is 33.8 Å². The van der Waals surface area contributed by atoms with Crippen molar-refractivity contribution in [2.45, 2.75) is 26.2 Å². The van der Waals surface area contributed by atoms with E-state index in [9.17, 15) is 9.59 Å². The van der Waals surface area contributed by atoms with Gasteiger partial charge in [-0.2, -0.15) is 5.10 Å². The maximum absolute atomic E-state index is 12.6. The van der Waals surface area contributed by atoms with Crippen LogP contribution >= 0.6 is 11.3 Å². The normalized spacial score (nSPS) is 15.5. The molecule has 3 heterocycles. The monoisotopic (exact) mass is 425 g/mol. The van der Waals surface area contributed by atoms with Crippen LogP contribution in [0.5, 0.6) is 0 Å². The number of nitrogens with two attached hydrogens (primary N) is 1. The first-order valence-corrected chi connectivity index (χ1v) is 11.1. The summed E-state index contributed by atoms with van der Waals surface area (Å²) in [5.74, 6) is -0.235. The minimum atomic E-state index is -0.172. The van der Waals surface area contributed by atoms with E-state index in [0.717, 1.165) is 60.5 Å². The van der Waals surface area contributed by atoms with Gasteiger partial charge < -0.3 is 16.0 Å². The minimum absolute atomic E-state index is 0.0326.